The van der Waals surface area contributed by atoms with E-state index in [-0.39, 0.29) is 17.6 Å². The Labute approximate surface area is 143 Å². The molecule has 0 saturated carbocycles. The predicted molar refractivity (Wildman–Crippen MR) is 91.6 cm³/mol. The van der Waals surface area contributed by atoms with Crippen LogP contribution in [0.4, 0.5) is 0 Å². The number of hydrogen-bond donors (Lipinski definition) is 0. The Morgan fingerprint density at radius 1 is 1.29 bits per heavy atom. The average molecular weight is 351 g/mol. The van der Waals surface area contributed by atoms with Crippen LogP contribution in [0, 0.1) is 5.92 Å². The lowest BCUT2D eigenvalue weighted by atomic mass is 9.82. The number of carbonyl (C=O) groups excluding carboxylic acids is 1. The standard InChI is InChI=1S/C17H25N3O3S/c1-18-7-4-5-15(18)16(21)20-12-17(13-20)14(6-10-24(17,22)23)11-19-8-2-3-9-19/h4-5,7,14H,2-3,6,8-13H2,1H3. The molecule has 0 aliphatic carbocycles. The maximum absolute atomic E-state index is 12.7. The van der Waals surface area contributed by atoms with Gasteiger partial charge in [-0.05, 0) is 50.4 Å². The van der Waals surface area contributed by atoms with E-state index < -0.39 is 14.6 Å². The highest BCUT2D eigenvalue weighted by atomic mass is 32.2. The van der Waals surface area contributed by atoms with Crippen LogP contribution in [-0.4, -0.2) is 71.9 Å². The number of aromatic nitrogens is 1. The Morgan fingerprint density at radius 3 is 2.62 bits per heavy atom. The number of nitrogens with zero attached hydrogens (tertiary/aromatic N) is 3. The number of sulfone groups is 1. The third kappa shape index (κ3) is 2.32. The molecule has 4 heterocycles. The fourth-order valence-corrected chi connectivity index (χ4v) is 7.00. The lowest BCUT2D eigenvalue weighted by molar-refractivity contribution is 0.0424. The van der Waals surface area contributed by atoms with Crippen molar-refractivity contribution >= 4 is 15.7 Å². The summed E-state index contributed by atoms with van der Waals surface area (Å²) in [4.78, 5) is 16.7. The zero-order valence-corrected chi connectivity index (χ0v) is 15.0. The minimum Gasteiger partial charge on any atom is -0.347 e. The molecule has 6 nitrogen and oxygen atoms in total. The van der Waals surface area contributed by atoms with Gasteiger partial charge in [0, 0.05) is 32.9 Å². The van der Waals surface area contributed by atoms with Gasteiger partial charge in [0.25, 0.3) is 5.91 Å². The molecular weight excluding hydrogens is 326 g/mol. The first-order chi connectivity index (χ1) is 11.4. The highest BCUT2D eigenvalue weighted by Crippen LogP contribution is 2.45. The summed E-state index contributed by atoms with van der Waals surface area (Å²) in [5, 5.41) is 0. The molecule has 3 fully saturated rings. The molecule has 3 aliphatic rings. The zero-order chi connectivity index (χ0) is 16.9. The van der Waals surface area contributed by atoms with E-state index in [0.29, 0.717) is 18.8 Å². The quantitative estimate of drug-likeness (QED) is 0.806. The summed E-state index contributed by atoms with van der Waals surface area (Å²) in [7, 11) is -1.27. The zero-order valence-electron chi connectivity index (χ0n) is 14.1. The van der Waals surface area contributed by atoms with Crippen LogP contribution in [0.25, 0.3) is 0 Å². The van der Waals surface area contributed by atoms with Crippen LogP contribution >= 0.6 is 0 Å². The molecule has 0 radical (unpaired) electrons. The van der Waals surface area contributed by atoms with E-state index in [1.165, 1.54) is 12.8 Å². The molecule has 0 N–H and O–H groups in total. The SMILES string of the molecule is Cn1cccc1C(=O)N1CC2(C1)C(CN1CCCC1)CCS2(=O)=O. The summed E-state index contributed by atoms with van der Waals surface area (Å²) in [6.07, 6.45) is 5.01. The second kappa shape index (κ2) is 5.59. The Hall–Kier alpha value is -1.34. The van der Waals surface area contributed by atoms with Gasteiger partial charge in [0.2, 0.25) is 0 Å². The Morgan fingerprint density at radius 2 is 2.00 bits per heavy atom. The van der Waals surface area contributed by atoms with Crippen molar-refractivity contribution in [3.8, 4) is 0 Å². The highest BCUT2D eigenvalue weighted by Gasteiger charge is 2.62. The van der Waals surface area contributed by atoms with Crippen LogP contribution in [0.15, 0.2) is 18.3 Å². The molecule has 4 rings (SSSR count). The van der Waals surface area contributed by atoms with Crippen molar-refractivity contribution in [2.24, 2.45) is 13.0 Å². The lowest BCUT2D eigenvalue weighted by Gasteiger charge is -2.50. The second-order valence-electron chi connectivity index (χ2n) is 7.54. The van der Waals surface area contributed by atoms with E-state index in [0.717, 1.165) is 26.1 Å². The molecule has 1 amide bonds. The summed E-state index contributed by atoms with van der Waals surface area (Å²) >= 11 is 0. The van der Waals surface area contributed by atoms with Gasteiger partial charge in [0.1, 0.15) is 10.4 Å². The molecule has 1 spiro atoms. The third-order valence-electron chi connectivity index (χ3n) is 6.14. The topological polar surface area (TPSA) is 62.6 Å². The van der Waals surface area contributed by atoms with Gasteiger partial charge in [-0.3, -0.25) is 4.79 Å². The van der Waals surface area contributed by atoms with E-state index in [9.17, 15) is 13.2 Å². The normalized spacial score (nSPS) is 28.4. The van der Waals surface area contributed by atoms with Crippen LogP contribution in [0.5, 0.6) is 0 Å². The number of amides is 1. The minimum absolute atomic E-state index is 0.0600. The fourth-order valence-electron chi connectivity index (χ4n) is 4.60. The predicted octanol–water partition coefficient (Wildman–Crippen LogP) is 0.750. The van der Waals surface area contributed by atoms with Crippen LogP contribution in [0.1, 0.15) is 29.8 Å². The van der Waals surface area contributed by atoms with E-state index in [1.54, 1.807) is 15.5 Å². The number of hydrogen-bond acceptors (Lipinski definition) is 4. The fraction of sp³-hybridized carbons (Fsp3) is 0.706. The largest absolute Gasteiger partial charge is 0.347 e. The molecule has 0 aromatic carbocycles. The van der Waals surface area contributed by atoms with Crippen molar-refractivity contribution in [1.29, 1.82) is 0 Å². The molecule has 1 unspecified atom stereocenters. The summed E-state index contributed by atoms with van der Waals surface area (Å²) < 4.78 is 26.5. The highest BCUT2D eigenvalue weighted by molar-refractivity contribution is 7.93. The number of likely N-dealkylation sites (tertiary alicyclic amines) is 2. The van der Waals surface area contributed by atoms with Gasteiger partial charge >= 0.3 is 0 Å². The molecular formula is C17H25N3O3S. The Kier molecular flexibility index (Phi) is 3.76. The summed E-state index contributed by atoms with van der Waals surface area (Å²) in [5.41, 5.74) is 0.622. The van der Waals surface area contributed by atoms with Crippen molar-refractivity contribution in [2.75, 3.05) is 38.5 Å². The molecule has 3 saturated heterocycles. The van der Waals surface area contributed by atoms with Crippen molar-refractivity contribution in [3.63, 3.8) is 0 Å². The van der Waals surface area contributed by atoms with Gasteiger partial charge < -0.3 is 14.4 Å². The van der Waals surface area contributed by atoms with Crippen LogP contribution < -0.4 is 0 Å². The number of rotatable bonds is 3. The molecule has 0 bridgehead atoms. The molecule has 1 aromatic rings. The first-order valence-electron chi connectivity index (χ1n) is 8.78. The van der Waals surface area contributed by atoms with Gasteiger partial charge in [0.05, 0.1) is 5.75 Å². The van der Waals surface area contributed by atoms with Crippen LogP contribution in [-0.2, 0) is 16.9 Å². The van der Waals surface area contributed by atoms with E-state index >= 15 is 0 Å². The molecule has 1 atom stereocenters. The number of aryl methyl sites for hydroxylation is 1. The third-order valence-corrected chi connectivity index (χ3v) is 8.75. The van der Waals surface area contributed by atoms with Gasteiger partial charge in [-0.15, -0.1) is 0 Å². The Balaban J connectivity index is 1.51. The monoisotopic (exact) mass is 351 g/mol. The van der Waals surface area contributed by atoms with E-state index in [1.807, 2.05) is 19.3 Å². The van der Waals surface area contributed by atoms with Crippen molar-refractivity contribution in [3.05, 3.63) is 24.0 Å². The number of carbonyl (C=O) groups is 1. The Bertz CT molecular complexity index is 743. The molecule has 132 valence electrons. The summed E-state index contributed by atoms with van der Waals surface area (Å²) in [6.45, 7) is 3.75. The van der Waals surface area contributed by atoms with E-state index in [2.05, 4.69) is 4.90 Å². The first kappa shape index (κ1) is 16.1. The summed E-state index contributed by atoms with van der Waals surface area (Å²) in [5.74, 6) is 0.380. The minimum atomic E-state index is -3.11. The first-order valence-corrected chi connectivity index (χ1v) is 10.4. The van der Waals surface area contributed by atoms with E-state index in [4.69, 9.17) is 0 Å². The lowest BCUT2D eigenvalue weighted by Crippen LogP contribution is -2.69. The van der Waals surface area contributed by atoms with Gasteiger partial charge in [-0.2, -0.15) is 0 Å². The maximum atomic E-state index is 12.7. The van der Waals surface area contributed by atoms with Gasteiger partial charge in [-0.25, -0.2) is 8.42 Å². The summed E-state index contributed by atoms with van der Waals surface area (Å²) in [6, 6.07) is 3.63. The molecule has 3 aliphatic heterocycles. The van der Waals surface area contributed by atoms with Crippen LogP contribution in [0.2, 0.25) is 0 Å². The molecule has 1 aromatic heterocycles. The smallest absolute Gasteiger partial charge is 0.270 e. The van der Waals surface area contributed by atoms with Crippen molar-refractivity contribution in [2.45, 2.75) is 24.0 Å². The van der Waals surface area contributed by atoms with Gasteiger partial charge in [-0.1, -0.05) is 0 Å². The molecule has 7 heteroatoms. The van der Waals surface area contributed by atoms with Crippen molar-refractivity contribution < 1.29 is 13.2 Å². The van der Waals surface area contributed by atoms with Gasteiger partial charge in [0.15, 0.2) is 9.84 Å². The maximum Gasteiger partial charge on any atom is 0.270 e. The second-order valence-corrected chi connectivity index (χ2v) is 9.99. The van der Waals surface area contributed by atoms with Crippen molar-refractivity contribution in [1.82, 2.24) is 14.4 Å². The van der Waals surface area contributed by atoms with Crippen LogP contribution in [0.3, 0.4) is 0 Å². The average Bonchev–Trinajstić information content (AvgIpc) is 3.18. The molecule has 24 heavy (non-hydrogen) atoms.